The van der Waals surface area contributed by atoms with Crippen molar-refractivity contribution < 1.29 is 9.53 Å². The number of Topliss-reactive ketones (excluding diaryl/α,β-unsaturated/α-hetero) is 1. The van der Waals surface area contributed by atoms with Crippen LogP contribution < -0.4 is 4.74 Å². The van der Waals surface area contributed by atoms with Crippen molar-refractivity contribution in [3.05, 3.63) is 59.7 Å². The predicted octanol–water partition coefficient (Wildman–Crippen LogP) is 4.38. The fourth-order valence-corrected chi connectivity index (χ4v) is 1.66. The van der Waals surface area contributed by atoms with Crippen molar-refractivity contribution >= 4 is 5.78 Å². The molecule has 18 heavy (non-hydrogen) atoms. The Labute approximate surface area is 107 Å². The highest BCUT2D eigenvalue weighted by atomic mass is 16.5. The lowest BCUT2D eigenvalue weighted by molar-refractivity contribution is 0.0988. The summed E-state index contributed by atoms with van der Waals surface area (Å²) in [5.74, 6) is 1.69. The highest BCUT2D eigenvalue weighted by Crippen LogP contribution is 2.22. The standard InChI is InChI=1S/C16H16O2/c1-3-16(17)13-6-10-15(11-7-13)18-14-8-4-12(2)5-9-14/h4-11H,3H2,1-2H3. The molecule has 0 saturated heterocycles. The summed E-state index contributed by atoms with van der Waals surface area (Å²) in [7, 11) is 0. The number of ether oxygens (including phenoxy) is 1. The second-order valence-corrected chi connectivity index (χ2v) is 4.22. The summed E-state index contributed by atoms with van der Waals surface area (Å²) in [6, 6.07) is 15.1. The Morgan fingerprint density at radius 2 is 1.44 bits per heavy atom. The maximum Gasteiger partial charge on any atom is 0.162 e. The molecule has 2 rings (SSSR count). The van der Waals surface area contributed by atoms with Crippen molar-refractivity contribution in [2.45, 2.75) is 20.3 Å². The fourth-order valence-electron chi connectivity index (χ4n) is 1.66. The summed E-state index contributed by atoms with van der Waals surface area (Å²) >= 11 is 0. The molecule has 0 radical (unpaired) electrons. The van der Waals surface area contributed by atoms with Gasteiger partial charge in [0, 0.05) is 12.0 Å². The largest absolute Gasteiger partial charge is 0.457 e. The lowest BCUT2D eigenvalue weighted by Crippen LogP contribution is -1.95. The van der Waals surface area contributed by atoms with Crippen molar-refractivity contribution in [3.63, 3.8) is 0 Å². The van der Waals surface area contributed by atoms with Gasteiger partial charge in [-0.2, -0.15) is 0 Å². The van der Waals surface area contributed by atoms with Crippen LogP contribution in [-0.4, -0.2) is 5.78 Å². The second-order valence-electron chi connectivity index (χ2n) is 4.22. The molecule has 0 aliphatic rings. The molecule has 0 atom stereocenters. The van der Waals surface area contributed by atoms with Gasteiger partial charge in [-0.15, -0.1) is 0 Å². The Kier molecular flexibility index (Phi) is 3.78. The van der Waals surface area contributed by atoms with Gasteiger partial charge in [-0.3, -0.25) is 4.79 Å². The van der Waals surface area contributed by atoms with Crippen molar-refractivity contribution in [2.75, 3.05) is 0 Å². The molecule has 2 aromatic carbocycles. The number of carbonyl (C=O) groups is 1. The molecule has 0 bridgehead atoms. The molecule has 92 valence electrons. The van der Waals surface area contributed by atoms with E-state index in [-0.39, 0.29) is 5.78 Å². The quantitative estimate of drug-likeness (QED) is 0.741. The van der Waals surface area contributed by atoms with Gasteiger partial charge in [-0.1, -0.05) is 24.6 Å². The van der Waals surface area contributed by atoms with Crippen LogP contribution in [0.1, 0.15) is 29.3 Å². The van der Waals surface area contributed by atoms with E-state index in [0.29, 0.717) is 6.42 Å². The van der Waals surface area contributed by atoms with Crippen LogP contribution in [0.3, 0.4) is 0 Å². The lowest BCUT2D eigenvalue weighted by atomic mass is 10.1. The number of hydrogen-bond donors (Lipinski definition) is 0. The number of carbonyl (C=O) groups excluding carboxylic acids is 1. The van der Waals surface area contributed by atoms with Gasteiger partial charge in [-0.25, -0.2) is 0 Å². The molecule has 2 heteroatoms. The van der Waals surface area contributed by atoms with Crippen LogP contribution >= 0.6 is 0 Å². The number of benzene rings is 2. The monoisotopic (exact) mass is 240 g/mol. The molecule has 0 heterocycles. The smallest absolute Gasteiger partial charge is 0.162 e. The van der Waals surface area contributed by atoms with Crippen LogP contribution in [0.2, 0.25) is 0 Å². The lowest BCUT2D eigenvalue weighted by Gasteiger charge is -2.06. The van der Waals surface area contributed by atoms with Gasteiger partial charge in [0.15, 0.2) is 5.78 Å². The van der Waals surface area contributed by atoms with Crippen LogP contribution in [0, 0.1) is 6.92 Å². The number of rotatable bonds is 4. The first-order chi connectivity index (χ1) is 8.69. The third kappa shape index (κ3) is 2.98. The van der Waals surface area contributed by atoms with Gasteiger partial charge < -0.3 is 4.74 Å². The zero-order valence-corrected chi connectivity index (χ0v) is 10.6. The molecular weight excluding hydrogens is 224 g/mol. The first-order valence-electron chi connectivity index (χ1n) is 6.07. The van der Waals surface area contributed by atoms with E-state index in [9.17, 15) is 4.79 Å². The van der Waals surface area contributed by atoms with Gasteiger partial charge in [0.05, 0.1) is 0 Å². The van der Waals surface area contributed by atoms with Crippen LogP contribution in [0.5, 0.6) is 11.5 Å². The highest BCUT2D eigenvalue weighted by Gasteiger charge is 2.03. The minimum Gasteiger partial charge on any atom is -0.457 e. The Morgan fingerprint density at radius 1 is 0.944 bits per heavy atom. The zero-order chi connectivity index (χ0) is 13.0. The molecule has 0 amide bonds. The van der Waals surface area contributed by atoms with E-state index >= 15 is 0 Å². The van der Waals surface area contributed by atoms with Crippen molar-refractivity contribution in [3.8, 4) is 11.5 Å². The molecule has 0 saturated carbocycles. The van der Waals surface area contributed by atoms with E-state index < -0.39 is 0 Å². The molecule has 2 aromatic rings. The Morgan fingerprint density at radius 3 is 1.94 bits per heavy atom. The van der Waals surface area contributed by atoms with E-state index in [2.05, 4.69) is 0 Å². The molecule has 0 aromatic heterocycles. The van der Waals surface area contributed by atoms with Crippen LogP contribution in [-0.2, 0) is 0 Å². The minimum absolute atomic E-state index is 0.150. The van der Waals surface area contributed by atoms with Gasteiger partial charge in [0.1, 0.15) is 11.5 Å². The average Bonchev–Trinajstić information content (AvgIpc) is 2.41. The highest BCUT2D eigenvalue weighted by molar-refractivity contribution is 5.95. The predicted molar refractivity (Wildman–Crippen MR) is 72.3 cm³/mol. The van der Waals surface area contributed by atoms with E-state index in [1.165, 1.54) is 5.56 Å². The Balaban J connectivity index is 2.10. The van der Waals surface area contributed by atoms with Crippen molar-refractivity contribution in [1.82, 2.24) is 0 Å². The summed E-state index contributed by atoms with van der Waals surface area (Å²) in [5.41, 5.74) is 1.93. The number of hydrogen-bond acceptors (Lipinski definition) is 2. The topological polar surface area (TPSA) is 26.3 Å². The zero-order valence-electron chi connectivity index (χ0n) is 10.6. The molecule has 2 nitrogen and oxygen atoms in total. The van der Waals surface area contributed by atoms with Crippen LogP contribution in [0.25, 0.3) is 0 Å². The molecular formula is C16H16O2. The van der Waals surface area contributed by atoms with Crippen molar-refractivity contribution in [2.24, 2.45) is 0 Å². The molecule has 0 aliphatic carbocycles. The summed E-state index contributed by atoms with van der Waals surface area (Å²) in [6.45, 7) is 3.90. The Bertz CT molecular complexity index is 524. The summed E-state index contributed by atoms with van der Waals surface area (Å²) in [4.78, 5) is 11.5. The van der Waals surface area contributed by atoms with E-state index in [4.69, 9.17) is 4.74 Å². The minimum atomic E-state index is 0.150. The van der Waals surface area contributed by atoms with Gasteiger partial charge in [0.25, 0.3) is 0 Å². The van der Waals surface area contributed by atoms with E-state index in [1.54, 1.807) is 12.1 Å². The van der Waals surface area contributed by atoms with Gasteiger partial charge in [0.2, 0.25) is 0 Å². The Hall–Kier alpha value is -2.09. The average molecular weight is 240 g/mol. The SMILES string of the molecule is CCC(=O)c1ccc(Oc2ccc(C)cc2)cc1. The molecule has 0 aliphatic heterocycles. The fraction of sp³-hybridized carbons (Fsp3) is 0.188. The molecule has 0 N–H and O–H groups in total. The van der Waals surface area contributed by atoms with Crippen LogP contribution in [0.4, 0.5) is 0 Å². The molecule has 0 unspecified atom stereocenters. The second kappa shape index (κ2) is 5.50. The van der Waals surface area contributed by atoms with Crippen LogP contribution in [0.15, 0.2) is 48.5 Å². The molecule has 0 spiro atoms. The third-order valence-electron chi connectivity index (χ3n) is 2.75. The summed E-state index contributed by atoms with van der Waals surface area (Å²) in [5, 5.41) is 0. The third-order valence-corrected chi connectivity index (χ3v) is 2.75. The maximum atomic E-state index is 11.5. The van der Waals surface area contributed by atoms with E-state index in [0.717, 1.165) is 17.1 Å². The van der Waals surface area contributed by atoms with E-state index in [1.807, 2.05) is 50.2 Å². The van der Waals surface area contributed by atoms with Crippen molar-refractivity contribution in [1.29, 1.82) is 0 Å². The number of ketones is 1. The summed E-state index contributed by atoms with van der Waals surface area (Å²) in [6.07, 6.45) is 0.526. The normalized spacial score (nSPS) is 10.1. The first kappa shape index (κ1) is 12.4. The van der Waals surface area contributed by atoms with Gasteiger partial charge in [-0.05, 0) is 43.3 Å². The maximum absolute atomic E-state index is 11.5. The number of aryl methyl sites for hydroxylation is 1. The van der Waals surface area contributed by atoms with Gasteiger partial charge >= 0.3 is 0 Å². The summed E-state index contributed by atoms with van der Waals surface area (Å²) < 4.78 is 5.69. The first-order valence-corrected chi connectivity index (χ1v) is 6.07. The molecule has 0 fully saturated rings.